The molecule has 1 aromatic rings. The van der Waals surface area contributed by atoms with Gasteiger partial charge in [0.05, 0.1) is 26.4 Å². The van der Waals surface area contributed by atoms with Crippen molar-refractivity contribution in [2.24, 2.45) is 0 Å². The maximum Gasteiger partial charge on any atom is 0.119 e. The topological polar surface area (TPSA) is 30.9 Å². The molecule has 1 aliphatic heterocycles. The van der Waals surface area contributed by atoms with Crippen LogP contribution in [0.15, 0.2) is 24.3 Å². The molecule has 0 radical (unpaired) electrons. The van der Waals surface area contributed by atoms with Gasteiger partial charge in [-0.1, -0.05) is 6.92 Å². The maximum absolute atomic E-state index is 5.74. The molecule has 1 aromatic carbocycles. The van der Waals surface area contributed by atoms with Crippen LogP contribution in [0.4, 0.5) is 0 Å². The van der Waals surface area contributed by atoms with E-state index in [1.165, 1.54) is 0 Å². The van der Waals surface area contributed by atoms with Gasteiger partial charge >= 0.3 is 0 Å². The summed E-state index contributed by atoms with van der Waals surface area (Å²) in [5, 5.41) is 0. The number of morpholine rings is 1. The summed E-state index contributed by atoms with van der Waals surface area (Å²) in [6, 6.07) is 7.87. The van der Waals surface area contributed by atoms with Gasteiger partial charge in [-0.3, -0.25) is 4.90 Å². The second kappa shape index (κ2) is 10.7. The SMILES string of the molecule is CCCOc1ccc(OCCCN2CCOCC2)cc1.Cl. The monoisotopic (exact) mass is 315 g/mol. The molecule has 5 heteroatoms. The zero-order valence-corrected chi connectivity index (χ0v) is 13.6. The number of benzene rings is 1. The Bertz CT molecular complexity index is 366. The van der Waals surface area contributed by atoms with Crippen LogP contribution in [0.5, 0.6) is 11.5 Å². The van der Waals surface area contributed by atoms with Crippen LogP contribution in [-0.4, -0.2) is 51.0 Å². The molecule has 0 aromatic heterocycles. The Morgan fingerprint density at radius 3 is 2.14 bits per heavy atom. The normalized spacial score (nSPS) is 15.3. The molecule has 0 saturated carbocycles. The van der Waals surface area contributed by atoms with E-state index in [4.69, 9.17) is 14.2 Å². The lowest BCUT2D eigenvalue weighted by atomic mass is 10.3. The Morgan fingerprint density at radius 1 is 1.00 bits per heavy atom. The van der Waals surface area contributed by atoms with Crippen molar-refractivity contribution < 1.29 is 14.2 Å². The van der Waals surface area contributed by atoms with Gasteiger partial charge in [0, 0.05) is 19.6 Å². The highest BCUT2D eigenvalue weighted by Crippen LogP contribution is 2.17. The summed E-state index contributed by atoms with van der Waals surface area (Å²) in [5.41, 5.74) is 0. The first kappa shape index (κ1) is 18.1. The summed E-state index contributed by atoms with van der Waals surface area (Å²) < 4.78 is 16.6. The molecule has 0 bridgehead atoms. The average Bonchev–Trinajstić information content (AvgIpc) is 2.52. The third-order valence-electron chi connectivity index (χ3n) is 3.29. The van der Waals surface area contributed by atoms with Crippen molar-refractivity contribution in [3.05, 3.63) is 24.3 Å². The smallest absolute Gasteiger partial charge is 0.119 e. The van der Waals surface area contributed by atoms with Gasteiger partial charge in [0.1, 0.15) is 11.5 Å². The average molecular weight is 316 g/mol. The highest BCUT2D eigenvalue weighted by Gasteiger charge is 2.09. The fraction of sp³-hybridized carbons (Fsp3) is 0.625. The highest BCUT2D eigenvalue weighted by molar-refractivity contribution is 5.85. The molecule has 1 heterocycles. The first-order valence-electron chi connectivity index (χ1n) is 7.54. The number of hydrogen-bond donors (Lipinski definition) is 0. The van der Waals surface area contributed by atoms with Crippen molar-refractivity contribution in [1.82, 2.24) is 4.90 Å². The van der Waals surface area contributed by atoms with Crippen LogP contribution in [0, 0.1) is 0 Å². The minimum atomic E-state index is 0. The second-order valence-corrected chi connectivity index (χ2v) is 4.98. The molecule has 1 saturated heterocycles. The molecule has 1 aliphatic rings. The van der Waals surface area contributed by atoms with E-state index in [1.807, 2.05) is 24.3 Å². The molecule has 21 heavy (non-hydrogen) atoms. The van der Waals surface area contributed by atoms with Crippen molar-refractivity contribution in [1.29, 1.82) is 0 Å². The van der Waals surface area contributed by atoms with E-state index in [-0.39, 0.29) is 12.4 Å². The summed E-state index contributed by atoms with van der Waals surface area (Å²) in [6.07, 6.45) is 2.08. The standard InChI is InChI=1S/C16H25NO3.ClH/c1-2-11-19-15-4-6-16(7-5-15)20-12-3-8-17-9-13-18-14-10-17;/h4-7H,2-3,8-14H2,1H3;1H. The second-order valence-electron chi connectivity index (χ2n) is 4.98. The van der Waals surface area contributed by atoms with Crippen LogP contribution in [0.1, 0.15) is 19.8 Å². The van der Waals surface area contributed by atoms with E-state index in [1.54, 1.807) is 0 Å². The van der Waals surface area contributed by atoms with Gasteiger partial charge in [-0.25, -0.2) is 0 Å². The quantitative estimate of drug-likeness (QED) is 0.690. The number of halogens is 1. The van der Waals surface area contributed by atoms with E-state index in [0.717, 1.165) is 70.4 Å². The zero-order valence-electron chi connectivity index (χ0n) is 12.8. The summed E-state index contributed by atoms with van der Waals surface area (Å²) in [5.74, 6) is 1.82. The summed E-state index contributed by atoms with van der Waals surface area (Å²) >= 11 is 0. The van der Waals surface area contributed by atoms with Gasteiger partial charge in [-0.2, -0.15) is 0 Å². The molecular formula is C16H26ClNO3. The lowest BCUT2D eigenvalue weighted by Crippen LogP contribution is -2.37. The van der Waals surface area contributed by atoms with Gasteiger partial charge < -0.3 is 14.2 Å². The molecular weight excluding hydrogens is 290 g/mol. The fourth-order valence-electron chi connectivity index (χ4n) is 2.15. The van der Waals surface area contributed by atoms with Crippen LogP contribution in [0.25, 0.3) is 0 Å². The van der Waals surface area contributed by atoms with Crippen LogP contribution in [0.2, 0.25) is 0 Å². The van der Waals surface area contributed by atoms with Crippen molar-refractivity contribution >= 4 is 12.4 Å². The summed E-state index contributed by atoms with van der Waals surface area (Å²) in [7, 11) is 0. The molecule has 4 nitrogen and oxygen atoms in total. The molecule has 0 N–H and O–H groups in total. The van der Waals surface area contributed by atoms with E-state index >= 15 is 0 Å². The largest absolute Gasteiger partial charge is 0.494 e. The van der Waals surface area contributed by atoms with E-state index in [0.29, 0.717) is 0 Å². The molecule has 0 aliphatic carbocycles. The Labute approximate surface area is 133 Å². The van der Waals surface area contributed by atoms with Crippen molar-refractivity contribution in [3.8, 4) is 11.5 Å². The minimum Gasteiger partial charge on any atom is -0.494 e. The first-order chi connectivity index (χ1) is 9.88. The van der Waals surface area contributed by atoms with Crippen LogP contribution < -0.4 is 9.47 Å². The van der Waals surface area contributed by atoms with Gasteiger partial charge in [-0.05, 0) is 37.1 Å². The first-order valence-corrected chi connectivity index (χ1v) is 7.54. The maximum atomic E-state index is 5.74. The van der Waals surface area contributed by atoms with Crippen molar-refractivity contribution in [2.75, 3.05) is 46.1 Å². The van der Waals surface area contributed by atoms with Gasteiger partial charge in [-0.15, -0.1) is 12.4 Å². The molecule has 2 rings (SSSR count). The molecule has 0 amide bonds. The number of ether oxygens (including phenoxy) is 3. The minimum absolute atomic E-state index is 0. The predicted molar refractivity (Wildman–Crippen MR) is 86.8 cm³/mol. The lowest BCUT2D eigenvalue weighted by Gasteiger charge is -2.26. The Hall–Kier alpha value is -0.970. The number of nitrogens with zero attached hydrogens (tertiary/aromatic N) is 1. The van der Waals surface area contributed by atoms with Gasteiger partial charge in [0.2, 0.25) is 0 Å². The molecule has 0 spiro atoms. The van der Waals surface area contributed by atoms with Gasteiger partial charge in [0.25, 0.3) is 0 Å². The highest BCUT2D eigenvalue weighted by atomic mass is 35.5. The van der Waals surface area contributed by atoms with Crippen LogP contribution >= 0.6 is 12.4 Å². The van der Waals surface area contributed by atoms with Gasteiger partial charge in [0.15, 0.2) is 0 Å². The fourth-order valence-corrected chi connectivity index (χ4v) is 2.15. The molecule has 120 valence electrons. The van der Waals surface area contributed by atoms with Crippen LogP contribution in [-0.2, 0) is 4.74 Å². The Kier molecular flexibility index (Phi) is 9.22. The number of hydrogen-bond acceptors (Lipinski definition) is 4. The van der Waals surface area contributed by atoms with Crippen molar-refractivity contribution in [2.45, 2.75) is 19.8 Å². The zero-order chi connectivity index (χ0) is 14.0. The predicted octanol–water partition coefficient (Wildman–Crippen LogP) is 3.00. The Morgan fingerprint density at radius 2 is 1.57 bits per heavy atom. The third kappa shape index (κ3) is 7.02. The van der Waals surface area contributed by atoms with E-state index in [9.17, 15) is 0 Å². The molecule has 0 atom stereocenters. The molecule has 0 unspecified atom stereocenters. The van der Waals surface area contributed by atoms with Crippen LogP contribution in [0.3, 0.4) is 0 Å². The third-order valence-corrected chi connectivity index (χ3v) is 3.29. The lowest BCUT2D eigenvalue weighted by molar-refractivity contribution is 0.0358. The van der Waals surface area contributed by atoms with E-state index in [2.05, 4.69) is 11.8 Å². The summed E-state index contributed by atoms with van der Waals surface area (Å²) in [4.78, 5) is 2.43. The summed E-state index contributed by atoms with van der Waals surface area (Å²) in [6.45, 7) is 8.52. The van der Waals surface area contributed by atoms with E-state index < -0.39 is 0 Å². The number of rotatable bonds is 8. The van der Waals surface area contributed by atoms with Crippen molar-refractivity contribution in [3.63, 3.8) is 0 Å². The molecule has 1 fully saturated rings. The Balaban J connectivity index is 0.00000220.